The van der Waals surface area contributed by atoms with E-state index in [1.165, 1.54) is 13.2 Å². The third-order valence-corrected chi connectivity index (χ3v) is 3.99. The Morgan fingerprint density at radius 2 is 2.00 bits per heavy atom. The zero-order chi connectivity index (χ0) is 18.1. The number of hydrogen-bond donors (Lipinski definition) is 1. The predicted molar refractivity (Wildman–Crippen MR) is 73.9 cm³/mol. The van der Waals surface area contributed by atoms with E-state index < -0.39 is 48.8 Å². The second kappa shape index (κ2) is 6.66. The maximum Gasteiger partial charge on any atom is 0.394 e. The Labute approximate surface area is 134 Å². The number of carboxylic acid groups (broad SMARTS) is 1. The summed E-state index contributed by atoms with van der Waals surface area (Å²) in [6.45, 7) is -1.26. The summed E-state index contributed by atoms with van der Waals surface area (Å²) < 4.78 is 57.1. The van der Waals surface area contributed by atoms with E-state index in [9.17, 15) is 27.2 Å². The molecular weight excluding hydrogens is 334 g/mol. The molecule has 1 fully saturated rings. The second-order valence-electron chi connectivity index (χ2n) is 5.52. The summed E-state index contributed by atoms with van der Waals surface area (Å²) in [6, 6.07) is 3.49. The van der Waals surface area contributed by atoms with E-state index in [4.69, 9.17) is 9.84 Å². The molecule has 132 valence electrons. The molecule has 24 heavy (non-hydrogen) atoms. The largest absolute Gasteiger partial charge is 0.496 e. The van der Waals surface area contributed by atoms with E-state index in [0.29, 0.717) is 0 Å². The van der Waals surface area contributed by atoms with Gasteiger partial charge in [-0.15, -0.1) is 0 Å². The number of carboxylic acids is 1. The molecule has 1 amide bonds. The molecule has 0 saturated carbocycles. The molecule has 1 aromatic carbocycles. The van der Waals surface area contributed by atoms with Crippen LogP contribution in [0.15, 0.2) is 18.2 Å². The highest BCUT2D eigenvalue weighted by Gasteiger charge is 2.53. The number of carbonyl (C=O) groups is 2. The smallest absolute Gasteiger partial charge is 0.394 e. The van der Waals surface area contributed by atoms with Crippen LogP contribution >= 0.6 is 0 Å². The number of amides is 1. The van der Waals surface area contributed by atoms with Gasteiger partial charge in [-0.3, -0.25) is 9.59 Å². The Morgan fingerprint density at radius 1 is 1.33 bits per heavy atom. The lowest BCUT2D eigenvalue weighted by molar-refractivity contribution is -0.188. The van der Waals surface area contributed by atoms with Gasteiger partial charge in [-0.2, -0.15) is 13.2 Å². The summed E-state index contributed by atoms with van der Waals surface area (Å²) in [5.41, 5.74) is 0.185. The number of benzene rings is 1. The molecule has 0 unspecified atom stereocenters. The number of halogens is 4. The Morgan fingerprint density at radius 3 is 2.50 bits per heavy atom. The highest BCUT2D eigenvalue weighted by Crippen LogP contribution is 2.38. The first-order chi connectivity index (χ1) is 11.1. The van der Waals surface area contributed by atoms with E-state index in [1.807, 2.05) is 0 Å². The van der Waals surface area contributed by atoms with Crippen LogP contribution in [0, 0.1) is 17.7 Å². The molecule has 9 heteroatoms. The molecule has 0 aromatic heterocycles. The summed E-state index contributed by atoms with van der Waals surface area (Å²) in [7, 11) is 1.32. The van der Waals surface area contributed by atoms with Gasteiger partial charge in [-0.05, 0) is 18.2 Å². The van der Waals surface area contributed by atoms with Crippen molar-refractivity contribution in [2.75, 3.05) is 20.2 Å². The van der Waals surface area contributed by atoms with Gasteiger partial charge in [0.1, 0.15) is 11.6 Å². The van der Waals surface area contributed by atoms with E-state index in [0.717, 1.165) is 17.0 Å². The molecule has 0 radical (unpaired) electrons. The van der Waals surface area contributed by atoms with Crippen molar-refractivity contribution in [1.29, 1.82) is 0 Å². The number of hydrogen-bond acceptors (Lipinski definition) is 3. The Bertz CT molecular complexity index is 647. The highest BCUT2D eigenvalue weighted by atomic mass is 19.4. The fraction of sp³-hybridized carbons (Fsp3) is 0.467. The number of aliphatic carboxylic acids is 1. The maximum absolute atomic E-state index is 13.3. The van der Waals surface area contributed by atoms with Crippen LogP contribution in [-0.2, 0) is 16.0 Å². The van der Waals surface area contributed by atoms with Crippen molar-refractivity contribution in [1.82, 2.24) is 4.90 Å². The molecule has 0 bridgehead atoms. The Balaban J connectivity index is 2.16. The average molecular weight is 349 g/mol. The number of likely N-dealkylation sites (tertiary alicyclic amines) is 1. The molecule has 0 aliphatic carbocycles. The first kappa shape index (κ1) is 18.0. The standard InChI is InChI=1S/C15H15F4NO4/c1-24-12-3-2-9(16)4-8(12)5-13(21)20-6-10(14(22)23)11(7-20)15(17,18)19/h2-4,10-11H,5-7H2,1H3,(H,22,23)/t10-,11-/m1/s1. The van der Waals surface area contributed by atoms with Crippen molar-refractivity contribution in [3.63, 3.8) is 0 Å². The zero-order valence-corrected chi connectivity index (χ0v) is 12.6. The molecule has 1 N–H and O–H groups in total. The molecular formula is C15H15F4NO4. The first-order valence-electron chi connectivity index (χ1n) is 7.03. The quantitative estimate of drug-likeness (QED) is 0.846. The van der Waals surface area contributed by atoms with Crippen LogP contribution in [0.2, 0.25) is 0 Å². The number of carbonyl (C=O) groups excluding carboxylic acids is 1. The summed E-state index contributed by atoms with van der Waals surface area (Å²) in [4.78, 5) is 24.1. The lowest BCUT2D eigenvalue weighted by Crippen LogP contribution is -2.34. The molecule has 5 nitrogen and oxygen atoms in total. The zero-order valence-electron chi connectivity index (χ0n) is 12.6. The fourth-order valence-electron chi connectivity index (χ4n) is 2.75. The number of methoxy groups -OCH3 is 1. The third-order valence-electron chi connectivity index (χ3n) is 3.99. The van der Waals surface area contributed by atoms with Crippen molar-refractivity contribution in [3.8, 4) is 5.75 Å². The van der Waals surface area contributed by atoms with Crippen molar-refractivity contribution >= 4 is 11.9 Å². The second-order valence-corrected chi connectivity index (χ2v) is 5.52. The van der Waals surface area contributed by atoms with Crippen molar-refractivity contribution in [2.45, 2.75) is 12.6 Å². The molecule has 1 saturated heterocycles. The SMILES string of the molecule is COc1ccc(F)cc1CC(=O)N1C[C@@H](C(F)(F)F)[C@H](C(=O)O)C1. The Kier molecular flexibility index (Phi) is 5.00. The average Bonchev–Trinajstić information content (AvgIpc) is 2.93. The minimum atomic E-state index is -4.71. The predicted octanol–water partition coefficient (Wildman–Crippen LogP) is 2.10. The van der Waals surface area contributed by atoms with E-state index in [-0.39, 0.29) is 17.7 Å². The molecule has 0 spiro atoms. The topological polar surface area (TPSA) is 66.8 Å². The molecule has 1 heterocycles. The summed E-state index contributed by atoms with van der Waals surface area (Å²) >= 11 is 0. The molecule has 1 aliphatic heterocycles. The van der Waals surface area contributed by atoms with Crippen LogP contribution in [0.4, 0.5) is 17.6 Å². The van der Waals surface area contributed by atoms with Crippen molar-refractivity contribution < 1.29 is 37.0 Å². The van der Waals surface area contributed by atoms with Gasteiger partial charge in [0.2, 0.25) is 5.91 Å². The minimum Gasteiger partial charge on any atom is -0.496 e. The van der Waals surface area contributed by atoms with E-state index in [2.05, 4.69) is 0 Å². The first-order valence-corrected chi connectivity index (χ1v) is 7.03. The van der Waals surface area contributed by atoms with E-state index in [1.54, 1.807) is 0 Å². The minimum absolute atomic E-state index is 0.185. The fourth-order valence-corrected chi connectivity index (χ4v) is 2.75. The van der Waals surface area contributed by atoms with Crippen LogP contribution in [0.3, 0.4) is 0 Å². The van der Waals surface area contributed by atoms with Gasteiger partial charge >= 0.3 is 12.1 Å². The van der Waals surface area contributed by atoms with Gasteiger partial charge in [-0.25, -0.2) is 4.39 Å². The number of nitrogens with zero attached hydrogens (tertiary/aromatic N) is 1. The number of alkyl halides is 3. The third kappa shape index (κ3) is 3.77. The van der Waals surface area contributed by atoms with E-state index >= 15 is 0 Å². The molecule has 1 aliphatic rings. The van der Waals surface area contributed by atoms with Gasteiger partial charge in [0.15, 0.2) is 0 Å². The van der Waals surface area contributed by atoms with Crippen molar-refractivity contribution in [3.05, 3.63) is 29.6 Å². The van der Waals surface area contributed by atoms with Gasteiger partial charge in [0.25, 0.3) is 0 Å². The van der Waals surface area contributed by atoms with Gasteiger partial charge in [0, 0.05) is 18.7 Å². The lowest BCUT2D eigenvalue weighted by Gasteiger charge is -2.18. The lowest BCUT2D eigenvalue weighted by atomic mass is 9.96. The molecule has 2 rings (SSSR count). The van der Waals surface area contributed by atoms with Crippen LogP contribution in [0.1, 0.15) is 5.56 Å². The normalized spacial score (nSPS) is 21.0. The molecule has 2 atom stereocenters. The van der Waals surface area contributed by atoms with Crippen molar-refractivity contribution in [2.24, 2.45) is 11.8 Å². The van der Waals surface area contributed by atoms with Crippen LogP contribution in [0.25, 0.3) is 0 Å². The van der Waals surface area contributed by atoms with Crippen LogP contribution in [0.5, 0.6) is 5.75 Å². The maximum atomic E-state index is 13.3. The Hall–Kier alpha value is -2.32. The monoisotopic (exact) mass is 349 g/mol. The highest BCUT2D eigenvalue weighted by molar-refractivity contribution is 5.81. The molecule has 1 aromatic rings. The van der Waals surface area contributed by atoms with Crippen LogP contribution in [-0.4, -0.2) is 48.3 Å². The van der Waals surface area contributed by atoms with Gasteiger partial charge in [-0.1, -0.05) is 0 Å². The van der Waals surface area contributed by atoms with Crippen LogP contribution < -0.4 is 4.74 Å². The summed E-state index contributed by atoms with van der Waals surface area (Å²) in [6.07, 6.45) is -5.09. The van der Waals surface area contributed by atoms with Gasteiger partial charge in [0.05, 0.1) is 25.4 Å². The summed E-state index contributed by atoms with van der Waals surface area (Å²) in [5, 5.41) is 8.95. The summed E-state index contributed by atoms with van der Waals surface area (Å²) in [5.74, 6) is -6.52. The number of rotatable bonds is 4. The van der Waals surface area contributed by atoms with Gasteiger partial charge < -0.3 is 14.7 Å². The number of ether oxygens (including phenoxy) is 1.